The minimum atomic E-state index is -0.157. The number of benzene rings is 1. The number of hydrogen-bond donors (Lipinski definition) is 2. The molecule has 2 aromatic rings. The summed E-state index contributed by atoms with van der Waals surface area (Å²) in [6.45, 7) is 2.81. The smallest absolute Gasteiger partial charge is 0.251 e. The molecule has 1 unspecified atom stereocenters. The van der Waals surface area contributed by atoms with E-state index in [1.807, 2.05) is 12.3 Å². The first-order valence-electron chi connectivity index (χ1n) is 7.32. The maximum absolute atomic E-state index is 12.1. The van der Waals surface area contributed by atoms with Crippen molar-refractivity contribution in [2.24, 2.45) is 5.73 Å². The van der Waals surface area contributed by atoms with E-state index in [9.17, 15) is 4.79 Å². The second-order valence-corrected chi connectivity index (χ2v) is 5.87. The average Bonchev–Trinajstić information content (AvgIpc) is 3.05. The molecule has 0 aliphatic rings. The summed E-state index contributed by atoms with van der Waals surface area (Å²) in [4.78, 5) is 16.3. The topological polar surface area (TPSA) is 86.5 Å². The van der Waals surface area contributed by atoms with Crippen LogP contribution in [0.25, 0.3) is 0 Å². The molecule has 1 aromatic heterocycles. The number of aromatic nitrogens is 1. The number of hydrogen-bond acceptors (Lipinski definition) is 6. The van der Waals surface area contributed by atoms with E-state index in [4.69, 9.17) is 15.2 Å². The van der Waals surface area contributed by atoms with E-state index in [1.54, 1.807) is 30.8 Å². The van der Waals surface area contributed by atoms with Crippen LogP contribution in [-0.4, -0.2) is 30.6 Å². The SMILES string of the molecule is COc1cc(C(=O)NCCC(C)N)ccc1OCc1cscn1. The van der Waals surface area contributed by atoms with E-state index < -0.39 is 0 Å². The molecule has 124 valence electrons. The van der Waals surface area contributed by atoms with Crippen LogP contribution in [0.2, 0.25) is 0 Å². The summed E-state index contributed by atoms with van der Waals surface area (Å²) in [6.07, 6.45) is 0.734. The maximum atomic E-state index is 12.1. The van der Waals surface area contributed by atoms with Crippen LogP contribution in [0.4, 0.5) is 0 Å². The average molecular weight is 335 g/mol. The summed E-state index contributed by atoms with van der Waals surface area (Å²) in [6, 6.07) is 5.16. The van der Waals surface area contributed by atoms with Crippen LogP contribution in [0, 0.1) is 0 Å². The molecule has 6 nitrogen and oxygen atoms in total. The van der Waals surface area contributed by atoms with Gasteiger partial charge in [0, 0.05) is 23.5 Å². The van der Waals surface area contributed by atoms with Crippen molar-refractivity contribution in [3.8, 4) is 11.5 Å². The van der Waals surface area contributed by atoms with Crippen molar-refractivity contribution < 1.29 is 14.3 Å². The van der Waals surface area contributed by atoms with Crippen molar-refractivity contribution >= 4 is 17.2 Å². The third kappa shape index (κ3) is 5.22. The molecule has 0 aliphatic carbocycles. The molecule has 1 amide bonds. The highest BCUT2D eigenvalue weighted by molar-refractivity contribution is 7.07. The lowest BCUT2D eigenvalue weighted by Gasteiger charge is -2.12. The normalized spacial score (nSPS) is 11.8. The summed E-state index contributed by atoms with van der Waals surface area (Å²) in [5, 5.41) is 4.75. The Morgan fingerprint density at radius 1 is 1.43 bits per heavy atom. The summed E-state index contributed by atoms with van der Waals surface area (Å²) in [5.74, 6) is 0.933. The van der Waals surface area contributed by atoms with Crippen LogP contribution in [0.3, 0.4) is 0 Å². The predicted octanol–water partition coefficient (Wildman–Crippen LogP) is 2.20. The minimum Gasteiger partial charge on any atom is -0.493 e. The Morgan fingerprint density at radius 3 is 2.91 bits per heavy atom. The van der Waals surface area contributed by atoms with Crippen molar-refractivity contribution in [3.05, 3.63) is 40.3 Å². The van der Waals surface area contributed by atoms with Crippen LogP contribution in [0.1, 0.15) is 29.4 Å². The van der Waals surface area contributed by atoms with Crippen molar-refractivity contribution in [1.82, 2.24) is 10.3 Å². The first-order chi connectivity index (χ1) is 11.1. The van der Waals surface area contributed by atoms with Crippen LogP contribution in [0.5, 0.6) is 11.5 Å². The second kappa shape index (κ2) is 8.50. The number of carbonyl (C=O) groups is 1. The molecule has 0 radical (unpaired) electrons. The van der Waals surface area contributed by atoms with Crippen LogP contribution >= 0.6 is 11.3 Å². The van der Waals surface area contributed by atoms with E-state index in [-0.39, 0.29) is 11.9 Å². The maximum Gasteiger partial charge on any atom is 0.251 e. The van der Waals surface area contributed by atoms with Crippen LogP contribution < -0.4 is 20.5 Å². The van der Waals surface area contributed by atoms with Gasteiger partial charge in [-0.05, 0) is 31.5 Å². The Kier molecular flexibility index (Phi) is 6.37. The fourth-order valence-corrected chi connectivity index (χ4v) is 2.45. The van der Waals surface area contributed by atoms with E-state index in [2.05, 4.69) is 10.3 Å². The molecule has 3 N–H and O–H groups in total. The number of thiazole rings is 1. The number of methoxy groups -OCH3 is 1. The highest BCUT2D eigenvalue weighted by Crippen LogP contribution is 2.28. The number of ether oxygens (including phenoxy) is 2. The van der Waals surface area contributed by atoms with Gasteiger partial charge in [-0.25, -0.2) is 4.98 Å². The summed E-state index contributed by atoms with van der Waals surface area (Å²) in [7, 11) is 1.54. The van der Waals surface area contributed by atoms with Gasteiger partial charge in [0.15, 0.2) is 11.5 Å². The Balaban J connectivity index is 1.99. The zero-order chi connectivity index (χ0) is 16.7. The van der Waals surface area contributed by atoms with E-state index in [1.165, 1.54) is 11.3 Å². The fourth-order valence-electron chi connectivity index (χ4n) is 1.90. The largest absolute Gasteiger partial charge is 0.493 e. The van der Waals surface area contributed by atoms with Gasteiger partial charge in [-0.3, -0.25) is 4.79 Å². The van der Waals surface area contributed by atoms with E-state index in [0.717, 1.165) is 12.1 Å². The number of carbonyl (C=O) groups excluding carboxylic acids is 1. The summed E-state index contributed by atoms with van der Waals surface area (Å²) in [5.41, 5.74) is 8.80. The Labute approximate surface area is 139 Å². The number of nitrogens with zero attached hydrogens (tertiary/aromatic N) is 1. The van der Waals surface area contributed by atoms with Crippen molar-refractivity contribution in [2.45, 2.75) is 26.0 Å². The molecule has 0 saturated carbocycles. The standard InChI is InChI=1S/C16H21N3O3S/c1-11(17)5-6-18-16(20)12-3-4-14(15(7-12)21-2)22-8-13-9-23-10-19-13/h3-4,7,9-11H,5-6,8,17H2,1-2H3,(H,18,20). The Morgan fingerprint density at radius 2 is 2.26 bits per heavy atom. The molecule has 0 aliphatic heterocycles. The van der Waals surface area contributed by atoms with Crippen LogP contribution in [0.15, 0.2) is 29.1 Å². The van der Waals surface area contributed by atoms with Gasteiger partial charge in [0.05, 0.1) is 18.3 Å². The molecule has 0 saturated heterocycles. The number of nitrogens with two attached hydrogens (primary N) is 1. The van der Waals surface area contributed by atoms with Crippen molar-refractivity contribution in [2.75, 3.05) is 13.7 Å². The van der Waals surface area contributed by atoms with Gasteiger partial charge in [0.25, 0.3) is 5.91 Å². The van der Waals surface area contributed by atoms with Gasteiger partial charge in [0.2, 0.25) is 0 Å². The van der Waals surface area contributed by atoms with E-state index in [0.29, 0.717) is 30.2 Å². The Bertz CT molecular complexity index is 630. The van der Waals surface area contributed by atoms with Crippen molar-refractivity contribution in [3.63, 3.8) is 0 Å². The first-order valence-corrected chi connectivity index (χ1v) is 8.26. The van der Waals surface area contributed by atoms with Gasteiger partial charge in [-0.1, -0.05) is 0 Å². The molecule has 1 atom stereocenters. The molecule has 0 bridgehead atoms. The molecule has 0 spiro atoms. The van der Waals surface area contributed by atoms with Gasteiger partial charge in [-0.2, -0.15) is 0 Å². The second-order valence-electron chi connectivity index (χ2n) is 5.16. The molecule has 23 heavy (non-hydrogen) atoms. The summed E-state index contributed by atoms with van der Waals surface area (Å²) < 4.78 is 11.0. The molecular weight excluding hydrogens is 314 g/mol. The van der Waals surface area contributed by atoms with Crippen molar-refractivity contribution in [1.29, 1.82) is 0 Å². The predicted molar refractivity (Wildman–Crippen MR) is 90.0 cm³/mol. The summed E-state index contributed by atoms with van der Waals surface area (Å²) >= 11 is 1.52. The Hall–Kier alpha value is -2.12. The highest BCUT2D eigenvalue weighted by Gasteiger charge is 2.11. The zero-order valence-corrected chi connectivity index (χ0v) is 14.1. The van der Waals surface area contributed by atoms with Crippen LogP contribution in [-0.2, 0) is 6.61 Å². The monoisotopic (exact) mass is 335 g/mol. The minimum absolute atomic E-state index is 0.0614. The molecule has 7 heteroatoms. The number of rotatable bonds is 8. The molecule has 1 aromatic carbocycles. The lowest BCUT2D eigenvalue weighted by Crippen LogP contribution is -2.28. The molecular formula is C16H21N3O3S. The number of amides is 1. The first kappa shape index (κ1) is 17.2. The van der Waals surface area contributed by atoms with Gasteiger partial charge >= 0.3 is 0 Å². The third-order valence-electron chi connectivity index (χ3n) is 3.17. The molecule has 1 heterocycles. The highest BCUT2D eigenvalue weighted by atomic mass is 32.1. The third-order valence-corrected chi connectivity index (χ3v) is 3.81. The fraction of sp³-hybridized carbons (Fsp3) is 0.375. The lowest BCUT2D eigenvalue weighted by atomic mass is 10.1. The molecule has 0 fully saturated rings. The van der Waals surface area contributed by atoms with Gasteiger partial charge in [0.1, 0.15) is 6.61 Å². The quantitative estimate of drug-likeness (QED) is 0.772. The van der Waals surface area contributed by atoms with Gasteiger partial charge < -0.3 is 20.5 Å². The lowest BCUT2D eigenvalue weighted by molar-refractivity contribution is 0.0952. The zero-order valence-electron chi connectivity index (χ0n) is 13.2. The molecule has 2 rings (SSSR count). The van der Waals surface area contributed by atoms with E-state index >= 15 is 0 Å². The van der Waals surface area contributed by atoms with Gasteiger partial charge in [-0.15, -0.1) is 11.3 Å². The number of nitrogens with one attached hydrogen (secondary N) is 1.